The summed E-state index contributed by atoms with van der Waals surface area (Å²) in [6.07, 6.45) is 14.2. The SMILES string of the molecule is NC(=O)NCCCCCCNC(=O)OCCCSc1cc2nc(c1)CN[C@@H]1CCCC[C@@H]1NCCN[C@@H]1CCCC[C@@H]1NC2. The molecule has 0 spiro atoms. The highest BCUT2D eigenvalue weighted by molar-refractivity contribution is 7.99. The molecule has 0 aromatic carbocycles. The molecule has 1 aliphatic heterocycles. The number of thioether (sulfide) groups is 1. The van der Waals surface area contributed by atoms with E-state index in [0.29, 0.717) is 43.9 Å². The molecule has 2 fully saturated rings. The molecule has 3 aliphatic rings. The molecule has 44 heavy (non-hydrogen) atoms. The van der Waals surface area contributed by atoms with Crippen molar-refractivity contribution in [3.05, 3.63) is 23.5 Å². The summed E-state index contributed by atoms with van der Waals surface area (Å²) in [4.78, 5) is 29.0. The van der Waals surface area contributed by atoms with E-state index in [0.717, 1.165) is 75.4 Å². The maximum Gasteiger partial charge on any atom is 0.407 e. The first-order valence-corrected chi connectivity index (χ1v) is 18.1. The summed E-state index contributed by atoms with van der Waals surface area (Å²) in [6, 6.07) is 5.96. The van der Waals surface area contributed by atoms with E-state index < -0.39 is 6.03 Å². The summed E-state index contributed by atoms with van der Waals surface area (Å²) in [5.41, 5.74) is 7.25. The van der Waals surface area contributed by atoms with Gasteiger partial charge in [0, 0.05) is 74.1 Å². The van der Waals surface area contributed by atoms with E-state index in [9.17, 15) is 9.59 Å². The molecule has 11 nitrogen and oxygen atoms in total. The Hall–Kier alpha value is -2.12. The van der Waals surface area contributed by atoms with Gasteiger partial charge in [-0.3, -0.25) is 4.98 Å². The lowest BCUT2D eigenvalue weighted by atomic mass is 9.89. The number of aromatic nitrogens is 1. The number of carbonyl (C=O) groups excluding carboxylic acids is 2. The maximum atomic E-state index is 12.0. The zero-order valence-electron chi connectivity index (χ0n) is 26.5. The third-order valence-corrected chi connectivity index (χ3v) is 9.99. The van der Waals surface area contributed by atoms with Gasteiger partial charge in [0.25, 0.3) is 0 Å². The van der Waals surface area contributed by atoms with Gasteiger partial charge in [0.15, 0.2) is 0 Å². The van der Waals surface area contributed by atoms with Gasteiger partial charge in [-0.2, -0.15) is 0 Å². The fourth-order valence-corrected chi connectivity index (χ4v) is 7.52. The van der Waals surface area contributed by atoms with Crippen molar-refractivity contribution >= 4 is 23.9 Å². The molecular weight excluding hydrogens is 576 g/mol. The van der Waals surface area contributed by atoms with Crippen LogP contribution in [0.25, 0.3) is 0 Å². The highest BCUT2D eigenvalue weighted by Crippen LogP contribution is 2.24. The van der Waals surface area contributed by atoms with Gasteiger partial charge in [0.2, 0.25) is 0 Å². The fourth-order valence-electron chi connectivity index (χ4n) is 6.58. The lowest BCUT2D eigenvalue weighted by molar-refractivity contribution is 0.146. The fraction of sp³-hybridized carbons (Fsp3) is 0.781. The molecule has 2 saturated carbocycles. The van der Waals surface area contributed by atoms with Crippen molar-refractivity contribution in [3.8, 4) is 0 Å². The molecule has 4 rings (SSSR count). The van der Waals surface area contributed by atoms with Crippen molar-refractivity contribution < 1.29 is 14.3 Å². The Morgan fingerprint density at radius 2 is 1.30 bits per heavy atom. The number of pyridine rings is 1. The van der Waals surface area contributed by atoms with Crippen molar-refractivity contribution in [2.75, 3.05) is 38.5 Å². The van der Waals surface area contributed by atoms with Gasteiger partial charge in [-0.25, -0.2) is 9.59 Å². The molecule has 12 heteroatoms. The van der Waals surface area contributed by atoms with E-state index in [1.54, 1.807) is 0 Å². The smallest absolute Gasteiger partial charge is 0.407 e. The predicted molar refractivity (Wildman–Crippen MR) is 177 cm³/mol. The van der Waals surface area contributed by atoms with Crippen molar-refractivity contribution in [1.82, 2.24) is 36.9 Å². The van der Waals surface area contributed by atoms with Crippen LogP contribution in [-0.2, 0) is 17.8 Å². The number of ether oxygens (including phenoxy) is 1. The number of urea groups is 1. The summed E-state index contributed by atoms with van der Waals surface area (Å²) < 4.78 is 5.39. The summed E-state index contributed by atoms with van der Waals surface area (Å²) >= 11 is 1.81. The lowest BCUT2D eigenvalue weighted by Crippen LogP contribution is -2.53. The molecular formula is C32H56N8O3S. The first kappa shape index (κ1) is 34.7. The van der Waals surface area contributed by atoms with Crippen LogP contribution in [0.15, 0.2) is 17.0 Å². The van der Waals surface area contributed by atoms with Crippen molar-refractivity contribution in [2.24, 2.45) is 5.73 Å². The number of amides is 3. The van der Waals surface area contributed by atoms with Crippen molar-refractivity contribution in [3.63, 3.8) is 0 Å². The van der Waals surface area contributed by atoms with Crippen LogP contribution < -0.4 is 37.6 Å². The number of hydrogen-bond acceptors (Lipinski definition) is 9. The summed E-state index contributed by atoms with van der Waals surface area (Å²) in [5.74, 6) is 0.875. The van der Waals surface area contributed by atoms with Crippen LogP contribution in [0.5, 0.6) is 0 Å². The van der Waals surface area contributed by atoms with E-state index in [2.05, 4.69) is 44.0 Å². The summed E-state index contributed by atoms with van der Waals surface area (Å²) in [6.45, 7) is 5.18. The number of fused-ring (bicyclic) bond motifs is 4. The van der Waals surface area contributed by atoms with E-state index >= 15 is 0 Å². The van der Waals surface area contributed by atoms with Gasteiger partial charge in [0.05, 0.1) is 18.0 Å². The van der Waals surface area contributed by atoms with Crippen LogP contribution >= 0.6 is 11.8 Å². The highest BCUT2D eigenvalue weighted by atomic mass is 32.2. The third-order valence-electron chi connectivity index (χ3n) is 8.93. The van der Waals surface area contributed by atoms with Gasteiger partial charge in [-0.15, -0.1) is 11.8 Å². The molecule has 1 aromatic heterocycles. The van der Waals surface area contributed by atoms with Gasteiger partial charge in [-0.1, -0.05) is 38.5 Å². The second-order valence-electron chi connectivity index (χ2n) is 12.4. The minimum Gasteiger partial charge on any atom is -0.450 e. The summed E-state index contributed by atoms with van der Waals surface area (Å²) in [7, 11) is 0. The molecule has 0 saturated heterocycles. The summed E-state index contributed by atoms with van der Waals surface area (Å²) in [5, 5.41) is 20.8. The number of unbranched alkanes of at least 4 members (excludes halogenated alkanes) is 3. The lowest BCUT2D eigenvalue weighted by Gasteiger charge is -2.34. The first-order valence-electron chi connectivity index (χ1n) is 17.1. The van der Waals surface area contributed by atoms with E-state index in [-0.39, 0.29) is 6.09 Å². The highest BCUT2D eigenvalue weighted by Gasteiger charge is 2.27. The normalized spacial score (nSPS) is 24.5. The molecule has 3 amide bonds. The Kier molecular flexibility index (Phi) is 15.9. The molecule has 0 unspecified atom stereocenters. The van der Waals surface area contributed by atoms with Crippen molar-refractivity contribution in [1.29, 1.82) is 0 Å². The average Bonchev–Trinajstić information content (AvgIpc) is 3.03. The standard InChI is InChI=1S/C32H56N8O3S/c33-31(41)36-14-7-1-2-8-15-37-32(42)43-18-9-19-44-26-20-24-22-38-29-12-5-3-10-27(29)34-16-17-35-28-11-4-6-13-30(28)39-23-25(21-26)40-24/h20-21,27-30,34-35,38-39H,1-19,22-23H2,(H,37,42)(H3,33,36,41)/t27-,28+,29+,30-. The minimum absolute atomic E-state index is 0.356. The molecule has 2 heterocycles. The predicted octanol–water partition coefficient (Wildman–Crippen LogP) is 3.51. The van der Waals surface area contributed by atoms with Crippen molar-refractivity contribution in [2.45, 2.75) is 126 Å². The average molecular weight is 633 g/mol. The zero-order valence-corrected chi connectivity index (χ0v) is 27.3. The maximum absolute atomic E-state index is 12.0. The van der Waals surface area contributed by atoms with Crippen LogP contribution in [0.4, 0.5) is 9.59 Å². The minimum atomic E-state index is -0.486. The largest absolute Gasteiger partial charge is 0.450 e. The number of rotatable bonds is 12. The van der Waals surface area contributed by atoms with Crippen LogP contribution in [0.2, 0.25) is 0 Å². The molecule has 8 N–H and O–H groups in total. The topological polar surface area (TPSA) is 154 Å². The molecule has 0 radical (unpaired) electrons. The number of nitrogens with one attached hydrogen (secondary N) is 6. The number of alkyl carbamates (subject to hydrolysis) is 1. The quantitative estimate of drug-likeness (QED) is 0.135. The number of nitrogens with two attached hydrogens (primary N) is 1. The van der Waals surface area contributed by atoms with E-state index in [4.69, 9.17) is 15.5 Å². The molecule has 1 aromatic rings. The molecule has 2 aliphatic carbocycles. The Labute approximate surface area is 268 Å². The second-order valence-corrected chi connectivity index (χ2v) is 13.6. The molecule has 4 atom stereocenters. The second kappa shape index (κ2) is 20.1. The van der Waals surface area contributed by atoms with E-state index in [1.165, 1.54) is 56.3 Å². The first-order chi connectivity index (χ1) is 21.6. The number of nitrogens with zero attached hydrogens (tertiary/aromatic N) is 1. The number of primary amides is 1. The molecule has 248 valence electrons. The monoisotopic (exact) mass is 632 g/mol. The van der Waals surface area contributed by atoms with Crippen LogP contribution in [-0.4, -0.2) is 79.8 Å². The Balaban J connectivity index is 1.22. The van der Waals surface area contributed by atoms with Crippen LogP contribution in [0.1, 0.15) is 94.9 Å². The Morgan fingerprint density at radius 3 is 1.84 bits per heavy atom. The zero-order chi connectivity index (χ0) is 30.8. The van der Waals surface area contributed by atoms with Gasteiger partial charge in [0.1, 0.15) is 0 Å². The Morgan fingerprint density at radius 1 is 0.773 bits per heavy atom. The van der Waals surface area contributed by atoms with Gasteiger partial charge < -0.3 is 42.4 Å². The van der Waals surface area contributed by atoms with Gasteiger partial charge in [-0.05, 0) is 57.1 Å². The van der Waals surface area contributed by atoms with Crippen LogP contribution in [0, 0.1) is 0 Å². The van der Waals surface area contributed by atoms with E-state index in [1.807, 2.05) is 11.8 Å². The number of carbonyl (C=O) groups is 2. The number of hydrogen-bond donors (Lipinski definition) is 7. The Bertz CT molecular complexity index is 954. The van der Waals surface area contributed by atoms with Gasteiger partial charge >= 0.3 is 12.1 Å². The van der Waals surface area contributed by atoms with Crippen LogP contribution in [0.3, 0.4) is 0 Å². The third kappa shape index (κ3) is 13.1. The molecule has 2 bridgehead atoms.